The number of allylic oxidation sites excluding steroid dienone is 1. The molecule has 0 spiro atoms. The Bertz CT molecular complexity index is 2340. The lowest BCUT2D eigenvalue weighted by atomic mass is 9.98. The topological polar surface area (TPSA) is 209 Å². The van der Waals surface area contributed by atoms with Gasteiger partial charge in [0.2, 0.25) is 17.7 Å². The highest BCUT2D eigenvalue weighted by molar-refractivity contribution is 6.26. The molecule has 2 saturated carbocycles. The first-order chi connectivity index (χ1) is 30.4. The molecule has 7 atom stereocenters. The standard InChI is InChI=1S/C48H57N5O11/c1-9-13-41(56)62-28(4)42(51-46(60)64-47(5,6)7)44(58)53-25-32(63-40-22-36(30-14-11-10-12-15-30)50-37-20-31(61-8)18-19-33(37)40)21-38(53)43(57)52-48(23-35(48)27(2)3)45(59)49-24-34(29-16-17-29)39(55)26-54/h9-15,18-20,22,26,28-29,32,34-35,38,42H,2,16-17,21,23-25H2,1,3-8H3,(H,49,59)(H,51,60)(H,52,57). The van der Waals surface area contributed by atoms with Crippen molar-refractivity contribution >= 4 is 52.8 Å². The number of nitrogens with one attached hydrogen (secondary N) is 3. The first-order valence-electron chi connectivity index (χ1n) is 21.5. The number of ketones is 1. The maximum absolute atomic E-state index is 14.9. The lowest BCUT2D eigenvalue weighted by Gasteiger charge is -2.32. The number of aromatic nitrogens is 1. The number of Topliss-reactive ketones (excluding diaryl/α,β-unsaturated/α-hetero) is 1. The van der Waals surface area contributed by atoms with E-state index in [-0.39, 0.29) is 38.1 Å². The number of carbonyl (C=O) groups is 7. The van der Waals surface area contributed by atoms with Crippen molar-refractivity contribution in [2.75, 3.05) is 20.2 Å². The molecule has 16 nitrogen and oxygen atoms in total. The van der Waals surface area contributed by atoms with E-state index in [0.29, 0.717) is 33.7 Å². The third-order valence-electron chi connectivity index (χ3n) is 11.7. The van der Waals surface area contributed by atoms with Crippen LogP contribution in [0.3, 0.4) is 0 Å². The highest BCUT2D eigenvalue weighted by Gasteiger charge is 2.62. The molecule has 7 unspecified atom stereocenters. The molecule has 3 fully saturated rings. The number of likely N-dealkylation sites (tertiary alicyclic amines) is 1. The van der Waals surface area contributed by atoms with E-state index >= 15 is 0 Å². The number of ether oxygens (including phenoxy) is 4. The van der Waals surface area contributed by atoms with Crippen LogP contribution in [0.25, 0.3) is 22.2 Å². The first-order valence-corrected chi connectivity index (χ1v) is 21.5. The van der Waals surface area contributed by atoms with Crippen LogP contribution in [0.15, 0.2) is 78.9 Å². The number of methoxy groups -OCH3 is 1. The molecular formula is C48H57N5O11. The number of rotatable bonds is 18. The number of fused-ring (bicyclic) bond motifs is 1. The summed E-state index contributed by atoms with van der Waals surface area (Å²) >= 11 is 0. The molecule has 16 heteroatoms. The molecule has 1 aliphatic heterocycles. The average Bonchev–Trinajstić information content (AvgIpc) is 4.18. The summed E-state index contributed by atoms with van der Waals surface area (Å²) < 4.78 is 23.3. The van der Waals surface area contributed by atoms with Gasteiger partial charge in [-0.2, -0.15) is 0 Å². The second kappa shape index (κ2) is 19.4. The third kappa shape index (κ3) is 11.0. The quantitative estimate of drug-likeness (QED) is 0.0506. The summed E-state index contributed by atoms with van der Waals surface area (Å²) in [6.07, 6.45) is 1.53. The van der Waals surface area contributed by atoms with Crippen molar-refractivity contribution in [2.45, 2.75) is 103 Å². The molecule has 0 radical (unpaired) electrons. The average molecular weight is 880 g/mol. The van der Waals surface area contributed by atoms with E-state index < -0.39 is 82.8 Å². The molecule has 64 heavy (non-hydrogen) atoms. The molecule has 0 bridgehead atoms. The van der Waals surface area contributed by atoms with E-state index in [4.69, 9.17) is 23.9 Å². The monoisotopic (exact) mass is 879 g/mol. The van der Waals surface area contributed by atoms with Crippen molar-refractivity contribution in [3.63, 3.8) is 0 Å². The number of nitrogens with zero attached hydrogens (tertiary/aromatic N) is 2. The molecule has 6 rings (SSSR count). The van der Waals surface area contributed by atoms with Crippen LogP contribution >= 0.6 is 0 Å². The Hall–Kier alpha value is -6.58. The fraction of sp³-hybridized carbons (Fsp3) is 0.458. The van der Waals surface area contributed by atoms with Gasteiger partial charge < -0.3 is 39.8 Å². The lowest BCUT2D eigenvalue weighted by Crippen LogP contribution is -2.60. The van der Waals surface area contributed by atoms with Crippen molar-refractivity contribution in [1.29, 1.82) is 0 Å². The van der Waals surface area contributed by atoms with Crippen molar-refractivity contribution < 1.29 is 52.5 Å². The van der Waals surface area contributed by atoms with Gasteiger partial charge in [0.25, 0.3) is 0 Å². The summed E-state index contributed by atoms with van der Waals surface area (Å²) in [5.41, 5.74) is 0.193. The van der Waals surface area contributed by atoms with Gasteiger partial charge >= 0.3 is 12.1 Å². The van der Waals surface area contributed by atoms with Crippen LogP contribution in [0.4, 0.5) is 4.79 Å². The van der Waals surface area contributed by atoms with E-state index in [2.05, 4.69) is 22.5 Å². The number of alkyl carbamates (subject to hydrolysis) is 1. The zero-order chi connectivity index (χ0) is 46.5. The maximum atomic E-state index is 14.9. The van der Waals surface area contributed by atoms with Gasteiger partial charge in [-0.1, -0.05) is 48.6 Å². The van der Waals surface area contributed by atoms with Crippen molar-refractivity contribution in [3.05, 3.63) is 78.9 Å². The first kappa shape index (κ1) is 46.9. The SMILES string of the molecule is C=C(C)C1CC1(NC(=O)C1CC(Oc2cc(-c3ccccc3)nc3cc(OC)ccc23)CN1C(=O)C(NC(=O)OC(C)(C)C)C(C)OC(=O)C=CC)C(=O)NCC(C(=O)C=O)C1CC1. The molecule has 4 amide bonds. The van der Waals surface area contributed by atoms with Gasteiger partial charge in [-0.25, -0.2) is 14.6 Å². The Morgan fingerprint density at radius 3 is 2.38 bits per heavy atom. The predicted octanol–water partition coefficient (Wildman–Crippen LogP) is 5.02. The number of hydrogen-bond acceptors (Lipinski definition) is 12. The minimum absolute atomic E-state index is 0.0140. The van der Waals surface area contributed by atoms with Gasteiger partial charge in [-0.15, -0.1) is 0 Å². The highest BCUT2D eigenvalue weighted by atomic mass is 16.6. The number of amides is 4. The zero-order valence-corrected chi connectivity index (χ0v) is 37.3. The van der Waals surface area contributed by atoms with Gasteiger partial charge in [0.1, 0.15) is 46.9 Å². The molecule has 3 N–H and O–H groups in total. The van der Waals surface area contributed by atoms with Crippen LogP contribution in [-0.2, 0) is 38.2 Å². The Balaban J connectivity index is 1.36. The Morgan fingerprint density at radius 2 is 1.77 bits per heavy atom. The number of benzene rings is 2. The van der Waals surface area contributed by atoms with Crippen LogP contribution < -0.4 is 25.4 Å². The number of hydrogen-bond donors (Lipinski definition) is 3. The largest absolute Gasteiger partial charge is 0.497 e. The zero-order valence-electron chi connectivity index (χ0n) is 37.3. The summed E-state index contributed by atoms with van der Waals surface area (Å²) in [6.45, 7) is 13.6. The maximum Gasteiger partial charge on any atom is 0.408 e. The molecule has 1 aromatic heterocycles. The Kier molecular flexibility index (Phi) is 14.2. The van der Waals surface area contributed by atoms with E-state index in [0.717, 1.165) is 18.4 Å². The van der Waals surface area contributed by atoms with E-state index in [9.17, 15) is 33.6 Å². The van der Waals surface area contributed by atoms with Crippen LogP contribution in [-0.4, -0.2) is 107 Å². The minimum Gasteiger partial charge on any atom is -0.497 e. The van der Waals surface area contributed by atoms with Crippen LogP contribution in [0.2, 0.25) is 0 Å². The number of aldehydes is 1. The summed E-state index contributed by atoms with van der Waals surface area (Å²) in [6, 6.07) is 13.8. The fourth-order valence-corrected chi connectivity index (χ4v) is 8.18. The van der Waals surface area contributed by atoms with Crippen molar-refractivity contribution in [2.24, 2.45) is 17.8 Å². The predicted molar refractivity (Wildman–Crippen MR) is 236 cm³/mol. The van der Waals surface area contributed by atoms with E-state index in [1.807, 2.05) is 30.3 Å². The number of carbonyl (C=O) groups excluding carboxylic acids is 7. The molecule has 3 aromatic rings. The summed E-state index contributed by atoms with van der Waals surface area (Å²) in [7, 11) is 1.55. The minimum atomic E-state index is -1.53. The summed E-state index contributed by atoms with van der Waals surface area (Å²) in [5, 5.41) is 8.95. The molecule has 2 heterocycles. The third-order valence-corrected chi connectivity index (χ3v) is 11.7. The lowest BCUT2D eigenvalue weighted by molar-refractivity contribution is -0.150. The molecule has 2 aromatic carbocycles. The van der Waals surface area contributed by atoms with Gasteiger partial charge in [0, 0.05) is 54.0 Å². The Morgan fingerprint density at radius 1 is 1.05 bits per heavy atom. The van der Waals surface area contributed by atoms with Crippen molar-refractivity contribution in [1.82, 2.24) is 25.8 Å². The van der Waals surface area contributed by atoms with E-state index in [1.165, 1.54) is 24.0 Å². The van der Waals surface area contributed by atoms with Gasteiger partial charge in [0.05, 0.1) is 24.9 Å². The smallest absolute Gasteiger partial charge is 0.408 e. The second-order valence-electron chi connectivity index (χ2n) is 17.7. The molecule has 2 aliphatic carbocycles. The van der Waals surface area contributed by atoms with Gasteiger partial charge in [-0.05, 0) is 78.9 Å². The number of pyridine rings is 1. The molecule has 1 saturated heterocycles. The molecular weight excluding hydrogens is 823 g/mol. The molecule has 340 valence electrons. The van der Waals surface area contributed by atoms with E-state index in [1.54, 1.807) is 66.0 Å². The normalized spacial score (nSPS) is 21.8. The van der Waals surface area contributed by atoms with Gasteiger partial charge in [0.15, 0.2) is 12.1 Å². The summed E-state index contributed by atoms with van der Waals surface area (Å²) in [5.74, 6) is -3.57. The molecule has 3 aliphatic rings. The van der Waals surface area contributed by atoms with Crippen LogP contribution in [0.1, 0.15) is 67.2 Å². The van der Waals surface area contributed by atoms with Crippen LogP contribution in [0.5, 0.6) is 11.5 Å². The second-order valence-corrected chi connectivity index (χ2v) is 17.7. The Labute approximate surface area is 372 Å². The summed E-state index contributed by atoms with van der Waals surface area (Å²) in [4.78, 5) is 99.7. The van der Waals surface area contributed by atoms with Gasteiger partial charge in [-0.3, -0.25) is 24.0 Å². The van der Waals surface area contributed by atoms with Crippen LogP contribution in [0, 0.1) is 17.8 Å². The van der Waals surface area contributed by atoms with Crippen molar-refractivity contribution in [3.8, 4) is 22.8 Å². The highest BCUT2D eigenvalue weighted by Crippen LogP contribution is 2.49. The number of esters is 1. The fourth-order valence-electron chi connectivity index (χ4n) is 8.18.